The number of hydrogen-bond acceptors (Lipinski definition) is 3. The number of amides is 1. The summed E-state index contributed by atoms with van der Waals surface area (Å²) in [6.07, 6.45) is 3.86. The van der Waals surface area contributed by atoms with Crippen LogP contribution >= 0.6 is 0 Å². The molecule has 22 heavy (non-hydrogen) atoms. The highest BCUT2D eigenvalue weighted by atomic mass is 16.4. The molecule has 2 unspecified atom stereocenters. The smallest absolute Gasteiger partial charge is 0.408 e. The van der Waals surface area contributed by atoms with Gasteiger partial charge in [-0.25, -0.2) is 4.79 Å². The average Bonchev–Trinajstić information content (AvgIpc) is 2.94. The van der Waals surface area contributed by atoms with E-state index in [1.807, 2.05) is 17.0 Å². The molecule has 2 aromatic rings. The Hall–Kier alpha value is -2.30. The zero-order chi connectivity index (χ0) is 15.3. The van der Waals surface area contributed by atoms with Crippen LogP contribution < -0.4 is 5.76 Å². The van der Waals surface area contributed by atoms with E-state index >= 15 is 0 Å². The molecule has 2 aliphatic heterocycles. The van der Waals surface area contributed by atoms with Gasteiger partial charge in [-0.05, 0) is 37.8 Å². The quantitative estimate of drug-likeness (QED) is 0.799. The molecule has 2 aliphatic rings. The lowest BCUT2D eigenvalue weighted by molar-refractivity contribution is -0.135. The van der Waals surface area contributed by atoms with Crippen LogP contribution in [0.4, 0.5) is 0 Å². The number of carbonyl (C=O) groups is 1. The van der Waals surface area contributed by atoms with E-state index in [9.17, 15) is 9.59 Å². The molecule has 114 valence electrons. The lowest BCUT2D eigenvalue weighted by atomic mass is 9.98. The Morgan fingerprint density at radius 3 is 2.64 bits per heavy atom. The van der Waals surface area contributed by atoms with Gasteiger partial charge in [-0.2, -0.15) is 0 Å². The van der Waals surface area contributed by atoms with Gasteiger partial charge in [0.2, 0.25) is 5.91 Å². The third-order valence-corrected chi connectivity index (χ3v) is 4.82. The van der Waals surface area contributed by atoms with Crippen LogP contribution in [0, 0.1) is 0 Å². The second-order valence-electron chi connectivity index (χ2n) is 6.27. The molecule has 5 heteroatoms. The average molecular weight is 298 g/mol. The fraction of sp³-hybridized carbons (Fsp3) is 0.412. The van der Waals surface area contributed by atoms with Crippen LogP contribution in [0.15, 0.2) is 45.6 Å². The van der Waals surface area contributed by atoms with Crippen LogP contribution in [0.25, 0.3) is 11.1 Å². The number of oxazole rings is 1. The van der Waals surface area contributed by atoms with Crippen molar-refractivity contribution in [3.05, 3.63) is 47.0 Å². The first-order valence-corrected chi connectivity index (χ1v) is 7.69. The molecule has 0 aliphatic carbocycles. The Kier molecular flexibility index (Phi) is 2.96. The predicted octanol–water partition coefficient (Wildman–Crippen LogP) is 2.30. The summed E-state index contributed by atoms with van der Waals surface area (Å²) in [6, 6.07) is 7.72. The van der Waals surface area contributed by atoms with Crippen molar-refractivity contribution < 1.29 is 9.21 Å². The predicted molar refractivity (Wildman–Crippen MR) is 82.5 cm³/mol. The number of carbonyl (C=O) groups excluding carboxylic acids is 1. The van der Waals surface area contributed by atoms with Crippen LogP contribution in [0.5, 0.6) is 0 Å². The van der Waals surface area contributed by atoms with Gasteiger partial charge in [-0.15, -0.1) is 0 Å². The molecule has 1 amide bonds. The summed E-state index contributed by atoms with van der Waals surface area (Å²) in [5.41, 5.74) is 2.44. The van der Waals surface area contributed by atoms with E-state index in [0.29, 0.717) is 11.1 Å². The minimum Gasteiger partial charge on any atom is -0.408 e. The van der Waals surface area contributed by atoms with Crippen molar-refractivity contribution in [2.75, 3.05) is 0 Å². The molecule has 0 N–H and O–H groups in total. The van der Waals surface area contributed by atoms with Gasteiger partial charge < -0.3 is 9.32 Å². The normalized spacial score (nSPS) is 24.2. The SMILES string of the molecule is C=C1CC2CCC(C1)N2C(=O)Cn1c(=O)oc2ccccc21. The fourth-order valence-corrected chi connectivity index (χ4v) is 3.90. The van der Waals surface area contributed by atoms with Crippen LogP contribution in [0.3, 0.4) is 0 Å². The van der Waals surface area contributed by atoms with Crippen molar-refractivity contribution in [1.82, 2.24) is 9.47 Å². The van der Waals surface area contributed by atoms with Crippen LogP contribution in [-0.2, 0) is 11.3 Å². The second kappa shape index (κ2) is 4.87. The summed E-state index contributed by atoms with van der Waals surface area (Å²) >= 11 is 0. The molecule has 2 atom stereocenters. The summed E-state index contributed by atoms with van der Waals surface area (Å²) in [4.78, 5) is 26.7. The van der Waals surface area contributed by atoms with E-state index in [1.54, 1.807) is 12.1 Å². The number of fused-ring (bicyclic) bond motifs is 3. The van der Waals surface area contributed by atoms with Crippen molar-refractivity contribution in [3.8, 4) is 0 Å². The van der Waals surface area contributed by atoms with Crippen molar-refractivity contribution in [2.24, 2.45) is 0 Å². The van der Waals surface area contributed by atoms with E-state index in [-0.39, 0.29) is 24.5 Å². The highest BCUT2D eigenvalue weighted by Crippen LogP contribution is 2.37. The maximum Gasteiger partial charge on any atom is 0.420 e. The zero-order valence-electron chi connectivity index (χ0n) is 12.3. The van der Waals surface area contributed by atoms with Gasteiger partial charge in [-0.1, -0.05) is 24.3 Å². The molecular weight excluding hydrogens is 280 g/mol. The topological polar surface area (TPSA) is 55.5 Å². The highest BCUT2D eigenvalue weighted by molar-refractivity contribution is 5.80. The molecule has 2 saturated heterocycles. The molecule has 1 aromatic heterocycles. The molecule has 2 fully saturated rings. The summed E-state index contributed by atoms with van der Waals surface area (Å²) in [6.45, 7) is 4.12. The number of benzene rings is 1. The first-order chi connectivity index (χ1) is 10.6. The molecule has 0 radical (unpaired) electrons. The van der Waals surface area contributed by atoms with E-state index in [0.717, 1.165) is 25.7 Å². The van der Waals surface area contributed by atoms with Crippen molar-refractivity contribution in [1.29, 1.82) is 0 Å². The van der Waals surface area contributed by atoms with Crippen LogP contribution in [0.2, 0.25) is 0 Å². The van der Waals surface area contributed by atoms with E-state index in [1.165, 1.54) is 10.1 Å². The number of hydrogen-bond donors (Lipinski definition) is 0. The van der Waals surface area contributed by atoms with Crippen molar-refractivity contribution >= 4 is 17.0 Å². The minimum atomic E-state index is -0.469. The molecule has 0 spiro atoms. The largest absolute Gasteiger partial charge is 0.420 e. The van der Waals surface area contributed by atoms with Crippen LogP contribution in [0.1, 0.15) is 25.7 Å². The van der Waals surface area contributed by atoms with Crippen molar-refractivity contribution in [2.45, 2.75) is 44.3 Å². The summed E-state index contributed by atoms with van der Waals surface area (Å²) in [5, 5.41) is 0. The van der Waals surface area contributed by atoms with Gasteiger partial charge >= 0.3 is 5.76 Å². The third kappa shape index (κ3) is 2.00. The molecular formula is C17H18N2O3. The Morgan fingerprint density at radius 1 is 1.23 bits per heavy atom. The number of nitrogens with zero attached hydrogens (tertiary/aromatic N) is 2. The van der Waals surface area contributed by atoms with E-state index in [4.69, 9.17) is 4.42 Å². The summed E-state index contributed by atoms with van der Waals surface area (Å²) in [7, 11) is 0. The molecule has 3 heterocycles. The Labute approximate surface area is 127 Å². The lowest BCUT2D eigenvalue weighted by Crippen LogP contribution is -2.46. The first-order valence-electron chi connectivity index (χ1n) is 7.69. The Morgan fingerprint density at radius 2 is 1.91 bits per heavy atom. The van der Waals surface area contributed by atoms with Gasteiger partial charge in [0.25, 0.3) is 0 Å². The monoisotopic (exact) mass is 298 g/mol. The summed E-state index contributed by atoms with van der Waals surface area (Å²) < 4.78 is 6.63. The molecule has 2 bridgehead atoms. The van der Waals surface area contributed by atoms with Crippen molar-refractivity contribution in [3.63, 3.8) is 0 Å². The minimum absolute atomic E-state index is 0.00801. The summed E-state index contributed by atoms with van der Waals surface area (Å²) in [5.74, 6) is -0.461. The Bertz CT molecular complexity index is 801. The Balaban J connectivity index is 1.63. The van der Waals surface area contributed by atoms with Gasteiger partial charge in [0, 0.05) is 12.1 Å². The maximum absolute atomic E-state index is 12.7. The fourth-order valence-electron chi connectivity index (χ4n) is 3.90. The standard InChI is InChI=1S/C17H18N2O3/c1-11-8-12-6-7-13(9-11)19(12)16(20)10-18-14-4-2-3-5-15(14)22-17(18)21/h2-5,12-13H,1,6-10H2. The van der Waals surface area contributed by atoms with Gasteiger partial charge in [-0.3, -0.25) is 9.36 Å². The second-order valence-corrected chi connectivity index (χ2v) is 6.27. The first kappa shape index (κ1) is 13.4. The zero-order valence-corrected chi connectivity index (χ0v) is 12.3. The van der Waals surface area contributed by atoms with E-state index in [2.05, 4.69) is 6.58 Å². The van der Waals surface area contributed by atoms with E-state index < -0.39 is 5.76 Å². The molecule has 1 aromatic carbocycles. The molecule has 5 nitrogen and oxygen atoms in total. The maximum atomic E-state index is 12.7. The van der Waals surface area contributed by atoms with Crippen LogP contribution in [-0.4, -0.2) is 27.5 Å². The third-order valence-electron chi connectivity index (χ3n) is 4.82. The van der Waals surface area contributed by atoms with Gasteiger partial charge in [0.05, 0.1) is 5.52 Å². The number of piperidine rings is 1. The molecule has 0 saturated carbocycles. The molecule has 4 rings (SSSR count). The van der Waals surface area contributed by atoms with Gasteiger partial charge in [0.15, 0.2) is 5.58 Å². The highest BCUT2D eigenvalue weighted by Gasteiger charge is 2.40. The number of rotatable bonds is 2. The number of para-hydroxylation sites is 2. The lowest BCUT2D eigenvalue weighted by Gasteiger charge is -2.36. The number of aromatic nitrogens is 1. The van der Waals surface area contributed by atoms with Gasteiger partial charge in [0.1, 0.15) is 6.54 Å².